The highest BCUT2D eigenvalue weighted by Gasteiger charge is 2.22. The summed E-state index contributed by atoms with van der Waals surface area (Å²) in [6, 6.07) is 8.57. The van der Waals surface area contributed by atoms with Crippen molar-refractivity contribution >= 4 is 11.6 Å². The number of para-hydroxylation sites is 1. The van der Waals surface area contributed by atoms with Crippen molar-refractivity contribution in [3.63, 3.8) is 0 Å². The molecule has 1 saturated heterocycles. The van der Waals surface area contributed by atoms with Crippen LogP contribution in [0.4, 0.5) is 10.1 Å². The summed E-state index contributed by atoms with van der Waals surface area (Å²) < 4.78 is 20.8. The van der Waals surface area contributed by atoms with Gasteiger partial charge in [-0.15, -0.1) is 0 Å². The first-order valence-electron chi connectivity index (χ1n) is 7.54. The van der Waals surface area contributed by atoms with Gasteiger partial charge in [-0.1, -0.05) is 18.2 Å². The number of hydrogen-bond donors (Lipinski definition) is 1. The number of rotatable bonds is 4. The lowest BCUT2D eigenvalue weighted by atomic mass is 10.3. The molecule has 7 nitrogen and oxygen atoms in total. The minimum atomic E-state index is -1.13. The monoisotopic (exact) mass is 333 g/mol. The Bertz CT molecular complexity index is 854. The van der Waals surface area contributed by atoms with Crippen molar-refractivity contribution in [2.45, 2.75) is 25.6 Å². The molecular weight excluding hydrogens is 317 g/mol. The smallest absolute Gasteiger partial charge is 0.333 e. The summed E-state index contributed by atoms with van der Waals surface area (Å²) in [6.45, 7) is -0.108. The van der Waals surface area contributed by atoms with E-state index < -0.39 is 35.7 Å². The molecule has 1 amide bonds. The first-order valence-corrected chi connectivity index (χ1v) is 7.54. The Hall–Kier alpha value is -2.74. The average Bonchev–Trinajstić information content (AvgIpc) is 3.10. The lowest BCUT2D eigenvalue weighted by Crippen LogP contribution is -2.44. The predicted octanol–water partition coefficient (Wildman–Crippen LogP) is 1.10. The molecule has 1 atom stereocenters. The van der Waals surface area contributed by atoms with Crippen LogP contribution in [0, 0.1) is 5.82 Å². The van der Waals surface area contributed by atoms with Gasteiger partial charge in [-0.3, -0.25) is 14.2 Å². The SMILES string of the molecule is O=C(Cn1c(=O)c(F)cn([C@H]2CCCO2)c1=O)Nc1ccccc1. The highest BCUT2D eigenvalue weighted by molar-refractivity contribution is 5.90. The van der Waals surface area contributed by atoms with E-state index in [2.05, 4.69) is 5.32 Å². The summed E-state index contributed by atoms with van der Waals surface area (Å²) in [5.74, 6) is -1.69. The molecule has 1 N–H and O–H groups in total. The minimum Gasteiger partial charge on any atom is -0.358 e. The molecule has 1 fully saturated rings. The van der Waals surface area contributed by atoms with Crippen LogP contribution in [0.25, 0.3) is 0 Å². The maximum absolute atomic E-state index is 13.9. The number of hydrogen-bond acceptors (Lipinski definition) is 4. The van der Waals surface area contributed by atoms with E-state index in [1.165, 1.54) is 0 Å². The minimum absolute atomic E-state index is 0.465. The molecule has 2 heterocycles. The van der Waals surface area contributed by atoms with Crippen molar-refractivity contribution in [1.29, 1.82) is 0 Å². The molecule has 1 aliphatic heterocycles. The Morgan fingerprint density at radius 3 is 2.71 bits per heavy atom. The molecule has 3 rings (SSSR count). The third kappa shape index (κ3) is 3.28. The summed E-state index contributed by atoms with van der Waals surface area (Å²) >= 11 is 0. The lowest BCUT2D eigenvalue weighted by molar-refractivity contribution is -0.116. The second-order valence-electron chi connectivity index (χ2n) is 5.44. The third-order valence-electron chi connectivity index (χ3n) is 3.73. The van der Waals surface area contributed by atoms with Crippen LogP contribution in [-0.2, 0) is 16.1 Å². The standard InChI is InChI=1S/C16H16FN3O4/c17-12-9-19(14-7-4-8-24-14)16(23)20(15(12)22)10-13(21)18-11-5-2-1-3-6-11/h1-3,5-6,9,14H,4,7-8,10H2,(H,18,21)/t14-/m1/s1. The molecule has 24 heavy (non-hydrogen) atoms. The van der Waals surface area contributed by atoms with Gasteiger partial charge in [0.05, 0.1) is 6.20 Å². The summed E-state index contributed by atoms with van der Waals surface area (Å²) in [7, 11) is 0. The van der Waals surface area contributed by atoms with E-state index in [0.29, 0.717) is 23.3 Å². The largest absolute Gasteiger partial charge is 0.358 e. The molecule has 0 spiro atoms. The number of carbonyl (C=O) groups excluding carboxylic acids is 1. The zero-order valence-corrected chi connectivity index (χ0v) is 12.8. The van der Waals surface area contributed by atoms with Crippen molar-refractivity contribution in [3.05, 3.63) is 63.2 Å². The molecule has 1 aromatic carbocycles. The van der Waals surface area contributed by atoms with Gasteiger partial charge in [0.1, 0.15) is 12.8 Å². The number of benzene rings is 1. The summed E-state index contributed by atoms with van der Waals surface area (Å²) in [4.78, 5) is 36.4. The van der Waals surface area contributed by atoms with Gasteiger partial charge in [-0.25, -0.2) is 9.36 Å². The zero-order chi connectivity index (χ0) is 17.1. The molecular formula is C16H16FN3O4. The first kappa shape index (κ1) is 16.1. The van der Waals surface area contributed by atoms with Crippen molar-refractivity contribution in [2.75, 3.05) is 11.9 Å². The van der Waals surface area contributed by atoms with Crippen LogP contribution >= 0.6 is 0 Å². The number of aromatic nitrogens is 2. The van der Waals surface area contributed by atoms with Crippen molar-refractivity contribution in [1.82, 2.24) is 9.13 Å². The summed E-state index contributed by atoms with van der Waals surface area (Å²) in [6.07, 6.45) is 1.52. The Labute approximate surface area is 136 Å². The van der Waals surface area contributed by atoms with E-state index in [9.17, 15) is 18.8 Å². The van der Waals surface area contributed by atoms with Gasteiger partial charge in [0.2, 0.25) is 11.7 Å². The highest BCUT2D eigenvalue weighted by Crippen LogP contribution is 2.20. The molecule has 0 saturated carbocycles. The van der Waals surface area contributed by atoms with Gasteiger partial charge in [0, 0.05) is 12.3 Å². The second-order valence-corrected chi connectivity index (χ2v) is 5.44. The molecule has 0 radical (unpaired) electrons. The number of ether oxygens (including phenoxy) is 1. The van der Waals surface area contributed by atoms with E-state index in [1.54, 1.807) is 30.3 Å². The molecule has 0 aliphatic carbocycles. The molecule has 2 aromatic rings. The summed E-state index contributed by atoms with van der Waals surface area (Å²) in [5, 5.41) is 2.55. The maximum Gasteiger partial charge on any atom is 0.333 e. The normalized spacial score (nSPS) is 17.0. The van der Waals surface area contributed by atoms with Gasteiger partial charge < -0.3 is 10.1 Å². The van der Waals surface area contributed by atoms with E-state index in [-0.39, 0.29) is 0 Å². The van der Waals surface area contributed by atoms with Crippen LogP contribution in [0.1, 0.15) is 19.1 Å². The molecule has 0 bridgehead atoms. The van der Waals surface area contributed by atoms with Crippen LogP contribution < -0.4 is 16.6 Å². The predicted molar refractivity (Wildman–Crippen MR) is 84.2 cm³/mol. The quantitative estimate of drug-likeness (QED) is 0.908. The van der Waals surface area contributed by atoms with Crippen LogP contribution in [-0.4, -0.2) is 21.6 Å². The van der Waals surface area contributed by atoms with Crippen molar-refractivity contribution in [3.8, 4) is 0 Å². The molecule has 1 aliphatic rings. The Morgan fingerprint density at radius 2 is 2.04 bits per heavy atom. The fourth-order valence-corrected chi connectivity index (χ4v) is 2.58. The Morgan fingerprint density at radius 1 is 1.29 bits per heavy atom. The Kier molecular flexibility index (Phi) is 4.57. The van der Waals surface area contributed by atoms with E-state index in [1.807, 2.05) is 0 Å². The van der Waals surface area contributed by atoms with Gasteiger partial charge in [-0.2, -0.15) is 4.39 Å². The van der Waals surface area contributed by atoms with Crippen LogP contribution in [0.15, 0.2) is 46.1 Å². The van der Waals surface area contributed by atoms with Crippen LogP contribution in [0.3, 0.4) is 0 Å². The van der Waals surface area contributed by atoms with Crippen molar-refractivity contribution < 1.29 is 13.9 Å². The number of halogens is 1. The van der Waals surface area contributed by atoms with Gasteiger partial charge in [0.25, 0.3) is 5.56 Å². The topological polar surface area (TPSA) is 82.3 Å². The fraction of sp³-hybridized carbons (Fsp3) is 0.312. The molecule has 0 unspecified atom stereocenters. The second kappa shape index (κ2) is 6.79. The lowest BCUT2D eigenvalue weighted by Gasteiger charge is -2.15. The molecule has 8 heteroatoms. The van der Waals surface area contributed by atoms with Crippen molar-refractivity contribution in [2.24, 2.45) is 0 Å². The van der Waals surface area contributed by atoms with Gasteiger partial charge >= 0.3 is 5.69 Å². The number of anilines is 1. The Balaban J connectivity index is 1.88. The number of amides is 1. The molecule has 126 valence electrons. The molecule has 1 aromatic heterocycles. The van der Waals surface area contributed by atoms with Crippen LogP contribution in [0.5, 0.6) is 0 Å². The van der Waals surface area contributed by atoms with Gasteiger partial charge in [0.15, 0.2) is 0 Å². The van der Waals surface area contributed by atoms with Crippen LogP contribution in [0.2, 0.25) is 0 Å². The zero-order valence-electron chi connectivity index (χ0n) is 12.8. The highest BCUT2D eigenvalue weighted by atomic mass is 19.1. The number of nitrogens with zero attached hydrogens (tertiary/aromatic N) is 2. The fourth-order valence-electron chi connectivity index (χ4n) is 2.58. The third-order valence-corrected chi connectivity index (χ3v) is 3.73. The maximum atomic E-state index is 13.9. The number of carbonyl (C=O) groups is 1. The van der Waals surface area contributed by atoms with E-state index in [4.69, 9.17) is 4.74 Å². The average molecular weight is 333 g/mol. The summed E-state index contributed by atoms with van der Waals surface area (Å²) in [5.41, 5.74) is -1.37. The first-order chi connectivity index (χ1) is 11.6. The van der Waals surface area contributed by atoms with Gasteiger partial charge in [-0.05, 0) is 25.0 Å². The van der Waals surface area contributed by atoms with E-state index >= 15 is 0 Å². The number of nitrogens with one attached hydrogen (secondary N) is 1. The van der Waals surface area contributed by atoms with E-state index in [0.717, 1.165) is 17.2 Å².